The van der Waals surface area contributed by atoms with Crippen LogP contribution in [0.3, 0.4) is 0 Å². The van der Waals surface area contributed by atoms with Crippen LogP contribution in [0.1, 0.15) is 38.3 Å². The van der Waals surface area contributed by atoms with Crippen molar-refractivity contribution in [1.82, 2.24) is 19.9 Å². The molecular formula is C31H29N7O2. The number of hydrogen-bond donors (Lipinski definition) is 4. The molecule has 0 saturated carbocycles. The lowest BCUT2D eigenvalue weighted by Gasteiger charge is -2.19. The first-order valence-electron chi connectivity index (χ1n) is 12.8. The van der Waals surface area contributed by atoms with E-state index in [1.54, 1.807) is 35.9 Å². The van der Waals surface area contributed by atoms with E-state index in [0.29, 0.717) is 33.6 Å². The Kier molecular flexibility index (Phi) is 7.11. The van der Waals surface area contributed by atoms with Gasteiger partial charge in [0.2, 0.25) is 0 Å². The Bertz CT molecular complexity index is 1840. The van der Waals surface area contributed by atoms with E-state index in [4.69, 9.17) is 11.1 Å². The predicted octanol–water partition coefficient (Wildman–Crippen LogP) is 4.37. The summed E-state index contributed by atoms with van der Waals surface area (Å²) in [5.74, 6) is 0.209. The SMILES string of the molecule is CNC(=O)c1cccc(C(=N)c2c(N)ncnc2NCc2cc3cccc(C)c3c(=O)n2-c2ccccc2C)c1. The van der Waals surface area contributed by atoms with Crippen molar-refractivity contribution in [3.63, 3.8) is 0 Å². The van der Waals surface area contributed by atoms with Crippen LogP contribution in [-0.4, -0.2) is 33.2 Å². The fraction of sp³-hybridized carbons (Fsp3) is 0.129. The number of amides is 1. The molecule has 3 aromatic carbocycles. The van der Waals surface area contributed by atoms with Gasteiger partial charge in [-0.2, -0.15) is 0 Å². The van der Waals surface area contributed by atoms with Crippen molar-refractivity contribution in [3.05, 3.63) is 123 Å². The zero-order valence-electron chi connectivity index (χ0n) is 22.4. The maximum Gasteiger partial charge on any atom is 0.263 e. The van der Waals surface area contributed by atoms with Crippen molar-refractivity contribution in [2.45, 2.75) is 20.4 Å². The monoisotopic (exact) mass is 531 g/mol. The van der Waals surface area contributed by atoms with Crippen LogP contribution in [0.25, 0.3) is 16.5 Å². The number of anilines is 2. The molecule has 0 aliphatic rings. The fourth-order valence-corrected chi connectivity index (χ4v) is 4.86. The number of rotatable bonds is 7. The Balaban J connectivity index is 1.59. The van der Waals surface area contributed by atoms with E-state index in [0.717, 1.165) is 22.2 Å². The van der Waals surface area contributed by atoms with Crippen LogP contribution >= 0.6 is 0 Å². The lowest BCUT2D eigenvalue weighted by atomic mass is 10.0. The van der Waals surface area contributed by atoms with Crippen LogP contribution in [-0.2, 0) is 6.54 Å². The summed E-state index contributed by atoms with van der Waals surface area (Å²) in [6, 6.07) is 22.3. The molecule has 5 rings (SSSR count). The predicted molar refractivity (Wildman–Crippen MR) is 159 cm³/mol. The second-order valence-electron chi connectivity index (χ2n) is 9.47. The third-order valence-corrected chi connectivity index (χ3v) is 6.89. The van der Waals surface area contributed by atoms with E-state index >= 15 is 0 Å². The number of pyridine rings is 1. The van der Waals surface area contributed by atoms with Gasteiger partial charge in [0, 0.05) is 23.9 Å². The number of aryl methyl sites for hydroxylation is 2. The Morgan fingerprint density at radius 1 is 0.950 bits per heavy atom. The number of carbonyl (C=O) groups is 1. The highest BCUT2D eigenvalue weighted by Crippen LogP contribution is 2.25. The van der Waals surface area contributed by atoms with Crippen molar-refractivity contribution in [3.8, 4) is 5.69 Å². The first-order valence-corrected chi connectivity index (χ1v) is 12.8. The van der Waals surface area contributed by atoms with Crippen molar-refractivity contribution < 1.29 is 4.79 Å². The lowest BCUT2D eigenvalue weighted by Crippen LogP contribution is -2.25. The van der Waals surface area contributed by atoms with Crippen LogP contribution in [0.5, 0.6) is 0 Å². The summed E-state index contributed by atoms with van der Waals surface area (Å²) < 4.78 is 1.72. The maximum atomic E-state index is 13.9. The van der Waals surface area contributed by atoms with Gasteiger partial charge in [0.1, 0.15) is 18.0 Å². The molecule has 0 atom stereocenters. The Hall–Kier alpha value is -5.31. The molecule has 0 bridgehead atoms. The standard InChI is InChI=1S/C31H29N7O2/c1-18-8-4-5-13-24(18)38-23(15-20-10-6-9-19(2)25(20)31(38)40)16-35-29-26(28(33)36-17-37-29)27(32)21-11-7-12-22(14-21)30(39)34-3/h4-15,17,32H,16H2,1-3H3,(H,34,39)(H3,33,35,36,37). The molecule has 40 heavy (non-hydrogen) atoms. The highest BCUT2D eigenvalue weighted by atomic mass is 16.1. The molecule has 0 spiro atoms. The van der Waals surface area contributed by atoms with Gasteiger partial charge in [0.25, 0.3) is 11.5 Å². The fourth-order valence-electron chi connectivity index (χ4n) is 4.86. The van der Waals surface area contributed by atoms with Crippen molar-refractivity contribution in [2.75, 3.05) is 18.1 Å². The van der Waals surface area contributed by atoms with Gasteiger partial charge in [-0.25, -0.2) is 9.97 Å². The second kappa shape index (κ2) is 10.8. The topological polar surface area (TPSA) is 139 Å². The second-order valence-corrected chi connectivity index (χ2v) is 9.47. The number of nitrogens with one attached hydrogen (secondary N) is 3. The molecule has 0 aliphatic carbocycles. The zero-order chi connectivity index (χ0) is 28.4. The van der Waals surface area contributed by atoms with E-state index < -0.39 is 0 Å². The van der Waals surface area contributed by atoms with Gasteiger partial charge in [-0.3, -0.25) is 19.6 Å². The number of hydrogen-bond acceptors (Lipinski definition) is 7. The van der Waals surface area contributed by atoms with E-state index in [1.165, 1.54) is 6.33 Å². The zero-order valence-corrected chi connectivity index (χ0v) is 22.4. The van der Waals surface area contributed by atoms with Crippen molar-refractivity contribution in [1.29, 1.82) is 5.41 Å². The van der Waals surface area contributed by atoms with Gasteiger partial charge >= 0.3 is 0 Å². The molecule has 0 saturated heterocycles. The molecule has 200 valence electrons. The maximum absolute atomic E-state index is 13.9. The number of aromatic nitrogens is 3. The Morgan fingerprint density at radius 3 is 2.45 bits per heavy atom. The number of para-hydroxylation sites is 1. The number of carbonyl (C=O) groups excluding carboxylic acids is 1. The van der Waals surface area contributed by atoms with Crippen LogP contribution in [0.4, 0.5) is 11.6 Å². The molecule has 0 radical (unpaired) electrons. The number of benzene rings is 3. The van der Waals surface area contributed by atoms with Crippen molar-refractivity contribution >= 4 is 34.0 Å². The average Bonchev–Trinajstić information content (AvgIpc) is 2.96. The van der Waals surface area contributed by atoms with Crippen LogP contribution in [0.2, 0.25) is 0 Å². The smallest absolute Gasteiger partial charge is 0.263 e. The van der Waals surface area contributed by atoms with Gasteiger partial charge in [-0.15, -0.1) is 0 Å². The molecule has 2 aromatic heterocycles. The van der Waals surface area contributed by atoms with Gasteiger partial charge < -0.3 is 16.4 Å². The Morgan fingerprint density at radius 2 is 1.68 bits per heavy atom. The molecule has 5 aromatic rings. The first kappa shape index (κ1) is 26.3. The normalized spacial score (nSPS) is 10.9. The van der Waals surface area contributed by atoms with Crippen LogP contribution in [0.15, 0.2) is 83.9 Å². The molecule has 9 nitrogen and oxygen atoms in total. The van der Waals surface area contributed by atoms with Crippen LogP contribution in [0, 0.1) is 19.3 Å². The average molecular weight is 532 g/mol. The molecule has 0 unspecified atom stereocenters. The summed E-state index contributed by atoms with van der Waals surface area (Å²) in [6.07, 6.45) is 1.33. The summed E-state index contributed by atoms with van der Waals surface area (Å²) >= 11 is 0. The molecule has 0 fully saturated rings. The van der Waals surface area contributed by atoms with Gasteiger partial charge in [-0.1, -0.05) is 48.5 Å². The number of fused-ring (bicyclic) bond motifs is 1. The quantitative estimate of drug-likeness (QED) is 0.230. The molecule has 0 aliphatic heterocycles. The molecular weight excluding hydrogens is 502 g/mol. The first-order chi connectivity index (χ1) is 19.3. The van der Waals surface area contributed by atoms with Gasteiger partial charge in [0.05, 0.1) is 28.9 Å². The molecule has 9 heteroatoms. The van der Waals surface area contributed by atoms with Crippen molar-refractivity contribution in [2.24, 2.45) is 0 Å². The minimum absolute atomic E-state index is 0.0665. The highest BCUT2D eigenvalue weighted by molar-refractivity contribution is 6.16. The Labute approximate surface area is 231 Å². The third kappa shape index (κ3) is 4.80. The van der Waals surface area contributed by atoms with Gasteiger partial charge in [-0.05, 0) is 54.6 Å². The highest BCUT2D eigenvalue weighted by Gasteiger charge is 2.19. The number of nitrogen functional groups attached to an aromatic ring is 1. The molecule has 2 heterocycles. The van der Waals surface area contributed by atoms with E-state index in [9.17, 15) is 9.59 Å². The summed E-state index contributed by atoms with van der Waals surface area (Å²) in [6.45, 7) is 4.13. The van der Waals surface area contributed by atoms with Crippen LogP contribution < -0.4 is 21.9 Å². The largest absolute Gasteiger partial charge is 0.383 e. The minimum atomic E-state index is -0.258. The third-order valence-electron chi connectivity index (χ3n) is 6.89. The van der Waals surface area contributed by atoms with E-state index in [2.05, 4.69) is 20.6 Å². The minimum Gasteiger partial charge on any atom is -0.383 e. The molecule has 5 N–H and O–H groups in total. The lowest BCUT2D eigenvalue weighted by molar-refractivity contribution is 0.0963. The van der Waals surface area contributed by atoms with Gasteiger partial charge in [0.15, 0.2) is 0 Å². The summed E-state index contributed by atoms with van der Waals surface area (Å²) in [5, 5.41) is 16.3. The number of nitrogens with two attached hydrogens (primary N) is 1. The molecule has 1 amide bonds. The van der Waals surface area contributed by atoms with E-state index in [1.807, 2.05) is 62.4 Å². The summed E-state index contributed by atoms with van der Waals surface area (Å²) in [7, 11) is 1.55. The summed E-state index contributed by atoms with van der Waals surface area (Å²) in [5.41, 5.74) is 10.8. The van der Waals surface area contributed by atoms with E-state index in [-0.39, 0.29) is 29.5 Å². The number of nitrogens with zero attached hydrogens (tertiary/aromatic N) is 3. The summed E-state index contributed by atoms with van der Waals surface area (Å²) in [4.78, 5) is 34.5.